The molecule has 1 heterocycles. The third kappa shape index (κ3) is 4.49. The summed E-state index contributed by atoms with van der Waals surface area (Å²) in [5, 5.41) is 11.9. The van der Waals surface area contributed by atoms with Gasteiger partial charge in [0.1, 0.15) is 0 Å². The monoisotopic (exact) mass is 307 g/mol. The molecule has 114 valence electrons. The Bertz CT molecular complexity index is 542. The van der Waals surface area contributed by atoms with Crippen LogP contribution in [0.25, 0.3) is 0 Å². The first-order valence-corrected chi connectivity index (χ1v) is 8.09. The van der Waals surface area contributed by atoms with Crippen molar-refractivity contribution >= 4 is 23.6 Å². The van der Waals surface area contributed by atoms with Gasteiger partial charge < -0.3 is 10.4 Å². The average molecular weight is 307 g/mol. The van der Waals surface area contributed by atoms with Crippen LogP contribution in [0.3, 0.4) is 0 Å². The first kappa shape index (κ1) is 15.9. The number of carboxylic acids is 1. The Balaban J connectivity index is 1.99. The number of hydrogen-bond donors (Lipinski definition) is 2. The fraction of sp³-hybridized carbons (Fsp3) is 0.500. The first-order valence-electron chi connectivity index (χ1n) is 7.10. The summed E-state index contributed by atoms with van der Waals surface area (Å²) in [6.45, 7) is 3.62. The van der Waals surface area contributed by atoms with E-state index >= 15 is 0 Å². The molecule has 1 aliphatic rings. The molecule has 2 rings (SSSR count). The molecule has 21 heavy (non-hydrogen) atoms. The molecule has 1 aliphatic heterocycles. The zero-order valence-corrected chi connectivity index (χ0v) is 13.2. The number of aliphatic carboxylic acids is 1. The van der Waals surface area contributed by atoms with Crippen LogP contribution in [0.5, 0.6) is 0 Å². The summed E-state index contributed by atoms with van der Waals surface area (Å²) in [5.41, 5.74) is 0.636. The van der Waals surface area contributed by atoms with Gasteiger partial charge in [0.2, 0.25) is 5.91 Å². The molecule has 0 aromatic heterocycles. The van der Waals surface area contributed by atoms with Crippen LogP contribution in [-0.4, -0.2) is 22.7 Å². The number of hydrogen-bond acceptors (Lipinski definition) is 3. The van der Waals surface area contributed by atoms with Gasteiger partial charge in [0.25, 0.3) is 0 Å². The predicted octanol–water partition coefficient (Wildman–Crippen LogP) is 3.23. The van der Waals surface area contributed by atoms with Crippen molar-refractivity contribution in [1.82, 2.24) is 5.32 Å². The summed E-state index contributed by atoms with van der Waals surface area (Å²) in [5.74, 6) is 0.0423. The molecule has 1 aromatic carbocycles. The number of nitrogens with one attached hydrogen (secondary N) is 1. The highest BCUT2D eigenvalue weighted by atomic mass is 32.2. The van der Waals surface area contributed by atoms with E-state index in [1.165, 1.54) is 4.90 Å². The van der Waals surface area contributed by atoms with Crippen molar-refractivity contribution in [2.45, 2.75) is 44.0 Å². The topological polar surface area (TPSA) is 66.4 Å². The average Bonchev–Trinajstić information content (AvgIpc) is 2.36. The molecule has 1 atom stereocenters. The number of carboxylic acid groups (broad SMARTS) is 1. The van der Waals surface area contributed by atoms with E-state index in [4.69, 9.17) is 5.11 Å². The van der Waals surface area contributed by atoms with Gasteiger partial charge >= 0.3 is 5.97 Å². The van der Waals surface area contributed by atoms with Crippen LogP contribution in [0.2, 0.25) is 0 Å². The van der Waals surface area contributed by atoms with E-state index in [0.717, 1.165) is 17.7 Å². The Labute approximate surface area is 129 Å². The number of amides is 1. The standard InChI is InChI=1S/C16H21NO3S/c1-16(2,10-15(19)20)9-14(18)17-12-7-8-21-13-6-4-3-5-11(12)13/h3-6,12H,7-10H2,1-2H3,(H,17,18)(H,19,20). The lowest BCUT2D eigenvalue weighted by molar-refractivity contribution is -0.139. The minimum Gasteiger partial charge on any atom is -0.481 e. The molecule has 0 saturated heterocycles. The Morgan fingerprint density at radius 2 is 2.05 bits per heavy atom. The van der Waals surface area contributed by atoms with Crippen LogP contribution in [0.1, 0.15) is 44.7 Å². The number of carbonyl (C=O) groups is 2. The fourth-order valence-electron chi connectivity index (χ4n) is 2.64. The van der Waals surface area contributed by atoms with Crippen LogP contribution in [0, 0.1) is 5.41 Å². The summed E-state index contributed by atoms with van der Waals surface area (Å²) < 4.78 is 0. The van der Waals surface area contributed by atoms with Crippen molar-refractivity contribution in [1.29, 1.82) is 0 Å². The largest absolute Gasteiger partial charge is 0.481 e. The highest BCUT2D eigenvalue weighted by molar-refractivity contribution is 7.99. The Hall–Kier alpha value is -1.49. The van der Waals surface area contributed by atoms with Gasteiger partial charge in [0.15, 0.2) is 0 Å². The summed E-state index contributed by atoms with van der Waals surface area (Å²) in [6.07, 6.45) is 1.13. The van der Waals surface area contributed by atoms with Crippen molar-refractivity contribution in [2.24, 2.45) is 5.41 Å². The third-order valence-corrected chi connectivity index (χ3v) is 4.69. The van der Waals surface area contributed by atoms with Gasteiger partial charge in [-0.05, 0) is 23.5 Å². The second-order valence-corrected chi connectivity index (χ2v) is 7.34. The lowest BCUT2D eigenvalue weighted by atomic mass is 9.85. The van der Waals surface area contributed by atoms with Crippen molar-refractivity contribution in [3.05, 3.63) is 29.8 Å². The molecule has 4 nitrogen and oxygen atoms in total. The van der Waals surface area contributed by atoms with Crippen LogP contribution >= 0.6 is 11.8 Å². The number of rotatable bonds is 5. The van der Waals surface area contributed by atoms with Crippen molar-refractivity contribution in [3.63, 3.8) is 0 Å². The van der Waals surface area contributed by atoms with E-state index in [1.807, 2.05) is 37.7 Å². The van der Waals surface area contributed by atoms with Crippen molar-refractivity contribution < 1.29 is 14.7 Å². The number of thioether (sulfide) groups is 1. The maximum Gasteiger partial charge on any atom is 0.303 e. The normalized spacial score (nSPS) is 17.9. The van der Waals surface area contributed by atoms with E-state index in [2.05, 4.69) is 17.4 Å². The van der Waals surface area contributed by atoms with Crippen LogP contribution in [-0.2, 0) is 9.59 Å². The van der Waals surface area contributed by atoms with Gasteiger partial charge in [-0.1, -0.05) is 32.0 Å². The minimum atomic E-state index is -0.868. The molecular weight excluding hydrogens is 286 g/mol. The Kier molecular flexibility index (Phi) is 4.93. The molecule has 0 bridgehead atoms. The van der Waals surface area contributed by atoms with E-state index in [1.54, 1.807) is 0 Å². The SMILES string of the molecule is CC(C)(CC(=O)O)CC(=O)NC1CCSc2ccccc21. The highest BCUT2D eigenvalue weighted by Gasteiger charge is 2.28. The van der Waals surface area contributed by atoms with Crippen LogP contribution in [0.15, 0.2) is 29.2 Å². The Morgan fingerprint density at radius 1 is 1.33 bits per heavy atom. The third-order valence-electron chi connectivity index (χ3n) is 3.56. The molecule has 0 saturated carbocycles. The molecule has 0 spiro atoms. The summed E-state index contributed by atoms with van der Waals surface area (Å²) in [6, 6.07) is 8.15. The maximum atomic E-state index is 12.2. The lowest BCUT2D eigenvalue weighted by Gasteiger charge is -2.28. The molecular formula is C16H21NO3S. The minimum absolute atomic E-state index is 0.00245. The molecule has 5 heteroatoms. The second-order valence-electron chi connectivity index (χ2n) is 6.21. The molecule has 1 amide bonds. The Morgan fingerprint density at radius 3 is 2.76 bits per heavy atom. The number of carbonyl (C=O) groups excluding carboxylic acids is 1. The highest BCUT2D eigenvalue weighted by Crippen LogP contribution is 2.36. The van der Waals surface area contributed by atoms with Gasteiger partial charge in [-0.2, -0.15) is 0 Å². The zero-order valence-electron chi connectivity index (χ0n) is 12.4. The van der Waals surface area contributed by atoms with Crippen molar-refractivity contribution in [2.75, 3.05) is 5.75 Å². The molecule has 1 aromatic rings. The zero-order chi connectivity index (χ0) is 15.5. The molecule has 0 fully saturated rings. The predicted molar refractivity (Wildman–Crippen MR) is 83.3 cm³/mol. The lowest BCUT2D eigenvalue weighted by Crippen LogP contribution is -2.34. The maximum absolute atomic E-state index is 12.2. The number of fused-ring (bicyclic) bond motifs is 1. The van der Waals surface area contributed by atoms with E-state index in [0.29, 0.717) is 0 Å². The van der Waals surface area contributed by atoms with Gasteiger partial charge in [0, 0.05) is 17.1 Å². The molecule has 1 unspecified atom stereocenters. The van der Waals surface area contributed by atoms with E-state index in [9.17, 15) is 9.59 Å². The smallest absolute Gasteiger partial charge is 0.303 e. The van der Waals surface area contributed by atoms with E-state index < -0.39 is 11.4 Å². The van der Waals surface area contributed by atoms with E-state index in [-0.39, 0.29) is 24.8 Å². The quantitative estimate of drug-likeness (QED) is 0.876. The van der Waals surface area contributed by atoms with Gasteiger partial charge in [-0.25, -0.2) is 0 Å². The van der Waals surface area contributed by atoms with Gasteiger partial charge in [0.05, 0.1) is 12.5 Å². The summed E-state index contributed by atoms with van der Waals surface area (Å²) >= 11 is 1.81. The van der Waals surface area contributed by atoms with Crippen LogP contribution < -0.4 is 5.32 Å². The first-order chi connectivity index (χ1) is 9.87. The van der Waals surface area contributed by atoms with Gasteiger partial charge in [-0.15, -0.1) is 11.8 Å². The van der Waals surface area contributed by atoms with Crippen molar-refractivity contribution in [3.8, 4) is 0 Å². The summed E-state index contributed by atoms with van der Waals surface area (Å²) in [4.78, 5) is 24.2. The molecule has 0 aliphatic carbocycles. The fourth-order valence-corrected chi connectivity index (χ4v) is 3.77. The number of benzene rings is 1. The second kappa shape index (κ2) is 6.52. The van der Waals surface area contributed by atoms with Crippen LogP contribution in [0.4, 0.5) is 0 Å². The van der Waals surface area contributed by atoms with Gasteiger partial charge in [-0.3, -0.25) is 9.59 Å². The molecule has 2 N–H and O–H groups in total. The summed E-state index contributed by atoms with van der Waals surface area (Å²) in [7, 11) is 0. The molecule has 0 radical (unpaired) electrons.